The minimum atomic E-state index is -0.363. The molecule has 0 aromatic rings. The lowest BCUT2D eigenvalue weighted by molar-refractivity contribution is 0.168. The predicted molar refractivity (Wildman–Crippen MR) is 52.5 cm³/mol. The van der Waals surface area contributed by atoms with E-state index in [1.165, 1.54) is 7.11 Å². The van der Waals surface area contributed by atoms with Crippen LogP contribution in [0, 0.1) is 5.92 Å². The lowest BCUT2D eigenvalue weighted by atomic mass is 10.00. The van der Waals surface area contributed by atoms with Gasteiger partial charge < -0.3 is 15.8 Å². The van der Waals surface area contributed by atoms with E-state index in [1.807, 2.05) is 0 Å². The molecule has 0 rings (SSSR count). The molecule has 0 fully saturated rings. The number of rotatable bonds is 6. The summed E-state index contributed by atoms with van der Waals surface area (Å²) in [6, 6.07) is 0. The minimum absolute atomic E-state index is 0.363. The van der Waals surface area contributed by atoms with Crippen molar-refractivity contribution in [1.29, 1.82) is 0 Å². The number of nitrogens with one attached hydrogen (secondary N) is 1. The lowest BCUT2D eigenvalue weighted by Gasteiger charge is -2.14. The van der Waals surface area contributed by atoms with Crippen molar-refractivity contribution in [1.82, 2.24) is 5.32 Å². The van der Waals surface area contributed by atoms with Crippen LogP contribution < -0.4 is 11.1 Å². The molecule has 0 aliphatic heterocycles. The smallest absolute Gasteiger partial charge is 0.406 e. The molecular weight excluding hydrogens is 168 g/mol. The molecule has 0 aromatic carbocycles. The van der Waals surface area contributed by atoms with E-state index in [0.29, 0.717) is 19.0 Å². The Kier molecular flexibility index (Phi) is 7.39. The zero-order valence-electron chi connectivity index (χ0n) is 8.51. The molecule has 0 radical (unpaired) electrons. The molecule has 0 heterocycles. The second-order valence-electron chi connectivity index (χ2n) is 3.10. The van der Waals surface area contributed by atoms with Crippen molar-refractivity contribution in [3.63, 3.8) is 0 Å². The van der Waals surface area contributed by atoms with Crippen molar-refractivity contribution in [2.75, 3.05) is 20.2 Å². The van der Waals surface area contributed by atoms with Gasteiger partial charge >= 0.3 is 6.09 Å². The number of carbonyl (C=O) groups is 1. The fourth-order valence-corrected chi connectivity index (χ4v) is 1.29. The van der Waals surface area contributed by atoms with E-state index >= 15 is 0 Å². The van der Waals surface area contributed by atoms with E-state index in [2.05, 4.69) is 17.0 Å². The normalized spacial score (nSPS) is 12.2. The molecule has 1 amide bonds. The first-order valence-electron chi connectivity index (χ1n) is 4.76. The lowest BCUT2D eigenvalue weighted by Crippen LogP contribution is -2.30. The van der Waals surface area contributed by atoms with E-state index < -0.39 is 0 Å². The highest BCUT2D eigenvalue weighted by atomic mass is 16.5. The second-order valence-corrected chi connectivity index (χ2v) is 3.10. The Labute approximate surface area is 79.8 Å². The standard InChI is InChI=1S/C9H20N2O2/c1-3-4-8(5-6-10)7-11-9(12)13-2/h8H,3-7,10H2,1-2H3,(H,11,12). The number of ether oxygens (including phenoxy) is 1. The average Bonchev–Trinajstić information content (AvgIpc) is 2.14. The summed E-state index contributed by atoms with van der Waals surface area (Å²) >= 11 is 0. The molecule has 0 aliphatic rings. The maximum atomic E-state index is 10.8. The van der Waals surface area contributed by atoms with Gasteiger partial charge in [0, 0.05) is 6.54 Å². The summed E-state index contributed by atoms with van der Waals surface area (Å²) in [6.07, 6.45) is 2.81. The molecule has 3 N–H and O–H groups in total. The molecule has 13 heavy (non-hydrogen) atoms. The van der Waals surface area contributed by atoms with Gasteiger partial charge in [0.05, 0.1) is 7.11 Å². The summed E-state index contributed by atoms with van der Waals surface area (Å²) in [6.45, 7) is 3.47. The number of alkyl carbamates (subject to hydrolysis) is 1. The minimum Gasteiger partial charge on any atom is -0.453 e. The van der Waals surface area contributed by atoms with Gasteiger partial charge in [0.25, 0.3) is 0 Å². The first-order chi connectivity index (χ1) is 6.24. The van der Waals surface area contributed by atoms with Gasteiger partial charge in [0.2, 0.25) is 0 Å². The maximum absolute atomic E-state index is 10.8. The Morgan fingerprint density at radius 2 is 2.23 bits per heavy atom. The van der Waals surface area contributed by atoms with E-state index in [4.69, 9.17) is 5.73 Å². The average molecular weight is 188 g/mol. The fourth-order valence-electron chi connectivity index (χ4n) is 1.29. The first-order valence-corrected chi connectivity index (χ1v) is 4.76. The van der Waals surface area contributed by atoms with Gasteiger partial charge in [-0.3, -0.25) is 0 Å². The molecule has 1 unspecified atom stereocenters. The van der Waals surface area contributed by atoms with Crippen molar-refractivity contribution >= 4 is 6.09 Å². The Morgan fingerprint density at radius 3 is 2.69 bits per heavy atom. The molecule has 0 saturated heterocycles. The zero-order valence-corrected chi connectivity index (χ0v) is 8.51. The second kappa shape index (κ2) is 7.86. The summed E-state index contributed by atoms with van der Waals surface area (Å²) in [5.74, 6) is 0.481. The third kappa shape index (κ3) is 6.40. The zero-order chi connectivity index (χ0) is 10.1. The molecule has 0 spiro atoms. The SMILES string of the molecule is CCCC(CCN)CNC(=O)OC. The quantitative estimate of drug-likeness (QED) is 0.656. The van der Waals surface area contributed by atoms with E-state index in [9.17, 15) is 4.79 Å². The molecule has 1 atom stereocenters. The van der Waals surface area contributed by atoms with Gasteiger partial charge in [-0.05, 0) is 25.3 Å². The van der Waals surface area contributed by atoms with Crippen LogP contribution in [0.3, 0.4) is 0 Å². The summed E-state index contributed by atoms with van der Waals surface area (Å²) < 4.78 is 4.48. The van der Waals surface area contributed by atoms with Crippen molar-refractivity contribution in [3.05, 3.63) is 0 Å². The van der Waals surface area contributed by atoms with Crippen LogP contribution >= 0.6 is 0 Å². The van der Waals surface area contributed by atoms with Crippen LogP contribution in [0.2, 0.25) is 0 Å². The largest absolute Gasteiger partial charge is 0.453 e. The van der Waals surface area contributed by atoms with E-state index in [1.54, 1.807) is 0 Å². The maximum Gasteiger partial charge on any atom is 0.406 e. The van der Waals surface area contributed by atoms with Crippen molar-refractivity contribution in [3.8, 4) is 0 Å². The van der Waals surface area contributed by atoms with Crippen LogP contribution in [0.15, 0.2) is 0 Å². The highest BCUT2D eigenvalue weighted by molar-refractivity contribution is 5.66. The molecule has 4 nitrogen and oxygen atoms in total. The van der Waals surface area contributed by atoms with Crippen LogP contribution in [-0.4, -0.2) is 26.3 Å². The number of hydrogen-bond donors (Lipinski definition) is 2. The molecule has 4 heteroatoms. The van der Waals surface area contributed by atoms with E-state index in [0.717, 1.165) is 19.3 Å². The highest BCUT2D eigenvalue weighted by Gasteiger charge is 2.08. The van der Waals surface area contributed by atoms with Gasteiger partial charge in [-0.1, -0.05) is 13.3 Å². The molecule has 0 aliphatic carbocycles. The van der Waals surface area contributed by atoms with Crippen molar-refractivity contribution in [2.45, 2.75) is 26.2 Å². The molecule has 78 valence electrons. The van der Waals surface area contributed by atoms with E-state index in [-0.39, 0.29) is 6.09 Å². The number of amides is 1. The van der Waals surface area contributed by atoms with Gasteiger partial charge in [-0.25, -0.2) is 4.79 Å². The summed E-state index contributed by atoms with van der Waals surface area (Å²) in [5.41, 5.74) is 5.45. The first kappa shape index (κ1) is 12.2. The third-order valence-electron chi connectivity index (χ3n) is 1.99. The number of methoxy groups -OCH3 is 1. The Hall–Kier alpha value is -0.770. The molecule has 0 bridgehead atoms. The molecule has 0 saturated carbocycles. The van der Waals surface area contributed by atoms with Gasteiger partial charge in [0.15, 0.2) is 0 Å². The monoisotopic (exact) mass is 188 g/mol. The van der Waals surface area contributed by atoms with Crippen molar-refractivity contribution < 1.29 is 9.53 Å². The van der Waals surface area contributed by atoms with Crippen LogP contribution in [0.4, 0.5) is 4.79 Å². The topological polar surface area (TPSA) is 64.3 Å². The van der Waals surface area contributed by atoms with Gasteiger partial charge in [0.1, 0.15) is 0 Å². The summed E-state index contributed by atoms with van der Waals surface area (Å²) in [5, 5.41) is 2.69. The van der Waals surface area contributed by atoms with Crippen LogP contribution in [-0.2, 0) is 4.74 Å². The van der Waals surface area contributed by atoms with Gasteiger partial charge in [-0.2, -0.15) is 0 Å². The molecule has 0 aromatic heterocycles. The molecular formula is C9H20N2O2. The third-order valence-corrected chi connectivity index (χ3v) is 1.99. The Bertz CT molecular complexity index is 134. The summed E-state index contributed by atoms with van der Waals surface area (Å²) in [7, 11) is 1.37. The van der Waals surface area contributed by atoms with Crippen LogP contribution in [0.5, 0.6) is 0 Å². The van der Waals surface area contributed by atoms with Crippen molar-refractivity contribution in [2.24, 2.45) is 11.7 Å². The number of nitrogens with two attached hydrogens (primary N) is 1. The fraction of sp³-hybridized carbons (Fsp3) is 0.889. The number of hydrogen-bond acceptors (Lipinski definition) is 3. The summed E-state index contributed by atoms with van der Waals surface area (Å²) in [4.78, 5) is 10.8. The van der Waals surface area contributed by atoms with Crippen LogP contribution in [0.25, 0.3) is 0 Å². The predicted octanol–water partition coefficient (Wildman–Crippen LogP) is 1.11. The Balaban J connectivity index is 3.61. The Morgan fingerprint density at radius 1 is 1.54 bits per heavy atom. The number of carbonyl (C=O) groups excluding carboxylic acids is 1. The van der Waals surface area contributed by atoms with Gasteiger partial charge in [-0.15, -0.1) is 0 Å². The van der Waals surface area contributed by atoms with Crippen LogP contribution in [0.1, 0.15) is 26.2 Å². The highest BCUT2D eigenvalue weighted by Crippen LogP contribution is 2.08.